The molecule has 6 heteroatoms. The zero-order valence-corrected chi connectivity index (χ0v) is 14.8. The number of aryl methyl sites for hydroxylation is 1. The lowest BCUT2D eigenvalue weighted by molar-refractivity contribution is -0.126. The van der Waals surface area contributed by atoms with E-state index in [0.717, 1.165) is 27.9 Å². The molecule has 0 aliphatic carbocycles. The summed E-state index contributed by atoms with van der Waals surface area (Å²) in [6, 6.07) is 5.87. The third-order valence-electron chi connectivity index (χ3n) is 5.14. The first kappa shape index (κ1) is 16.6. The van der Waals surface area contributed by atoms with Crippen molar-refractivity contribution in [3.8, 4) is 5.75 Å². The second-order valence-electron chi connectivity index (χ2n) is 6.94. The van der Waals surface area contributed by atoms with Crippen LogP contribution >= 0.6 is 0 Å². The standard InChI is InChI=1S/C18H24N2O4/c1-11-13(14-10-12(23-5)6-7-15(14)19-11)8-9-20-16(21)24-17(2,3)18(20,4)22/h6-7,10,19,22H,8-9H2,1-5H3/t18-/m0/s1. The summed E-state index contributed by atoms with van der Waals surface area (Å²) in [6.45, 7) is 7.43. The number of rotatable bonds is 4. The van der Waals surface area contributed by atoms with Gasteiger partial charge < -0.3 is 19.6 Å². The summed E-state index contributed by atoms with van der Waals surface area (Å²) in [5.41, 5.74) is 0.894. The summed E-state index contributed by atoms with van der Waals surface area (Å²) >= 11 is 0. The van der Waals surface area contributed by atoms with Crippen molar-refractivity contribution >= 4 is 17.0 Å². The van der Waals surface area contributed by atoms with Crippen LogP contribution in [0.4, 0.5) is 4.79 Å². The lowest BCUT2D eigenvalue weighted by Gasteiger charge is -2.34. The Hall–Kier alpha value is -2.21. The van der Waals surface area contributed by atoms with E-state index in [-0.39, 0.29) is 0 Å². The molecular formula is C18H24N2O4. The number of carbonyl (C=O) groups is 1. The number of nitrogens with zero attached hydrogens (tertiary/aromatic N) is 1. The number of benzene rings is 1. The zero-order chi connectivity index (χ0) is 17.7. The molecule has 24 heavy (non-hydrogen) atoms. The normalized spacial score (nSPS) is 22.9. The van der Waals surface area contributed by atoms with Crippen LogP contribution in [0.25, 0.3) is 10.9 Å². The Kier molecular flexibility index (Phi) is 3.75. The van der Waals surface area contributed by atoms with Crippen molar-refractivity contribution < 1.29 is 19.4 Å². The molecule has 1 aliphatic heterocycles. The molecule has 2 N–H and O–H groups in total. The van der Waals surface area contributed by atoms with Crippen molar-refractivity contribution in [2.24, 2.45) is 0 Å². The third kappa shape index (κ3) is 2.41. The molecule has 1 aromatic carbocycles. The van der Waals surface area contributed by atoms with E-state index >= 15 is 0 Å². The van der Waals surface area contributed by atoms with Crippen molar-refractivity contribution in [3.05, 3.63) is 29.5 Å². The first-order chi connectivity index (χ1) is 11.2. The van der Waals surface area contributed by atoms with Crippen LogP contribution in [0.3, 0.4) is 0 Å². The van der Waals surface area contributed by atoms with Gasteiger partial charge in [-0.3, -0.25) is 4.90 Å². The van der Waals surface area contributed by atoms with Crippen molar-refractivity contribution in [3.63, 3.8) is 0 Å². The van der Waals surface area contributed by atoms with Gasteiger partial charge in [-0.05, 0) is 57.9 Å². The fraction of sp³-hybridized carbons (Fsp3) is 0.500. The number of fused-ring (bicyclic) bond motifs is 1. The Labute approximate surface area is 141 Å². The van der Waals surface area contributed by atoms with Crippen LogP contribution in [0, 0.1) is 6.92 Å². The molecular weight excluding hydrogens is 308 g/mol. The molecule has 0 bridgehead atoms. The molecule has 0 saturated carbocycles. The summed E-state index contributed by atoms with van der Waals surface area (Å²) in [6.07, 6.45) is 0.125. The summed E-state index contributed by atoms with van der Waals surface area (Å²) in [5.74, 6) is 0.788. The van der Waals surface area contributed by atoms with Gasteiger partial charge in [-0.15, -0.1) is 0 Å². The van der Waals surface area contributed by atoms with E-state index in [4.69, 9.17) is 9.47 Å². The van der Waals surface area contributed by atoms with E-state index in [9.17, 15) is 9.90 Å². The van der Waals surface area contributed by atoms with E-state index in [2.05, 4.69) is 4.98 Å². The smallest absolute Gasteiger partial charge is 0.412 e. The average molecular weight is 332 g/mol. The largest absolute Gasteiger partial charge is 0.497 e. The van der Waals surface area contributed by atoms with E-state index < -0.39 is 17.4 Å². The number of ether oxygens (including phenoxy) is 2. The highest BCUT2D eigenvalue weighted by Crippen LogP contribution is 2.37. The summed E-state index contributed by atoms with van der Waals surface area (Å²) in [5, 5.41) is 11.8. The Balaban J connectivity index is 1.88. The summed E-state index contributed by atoms with van der Waals surface area (Å²) in [7, 11) is 1.64. The van der Waals surface area contributed by atoms with Crippen LogP contribution in [0.1, 0.15) is 32.0 Å². The van der Waals surface area contributed by atoms with E-state index in [1.54, 1.807) is 27.9 Å². The van der Waals surface area contributed by atoms with Gasteiger partial charge in [0.2, 0.25) is 0 Å². The number of carbonyl (C=O) groups excluding carboxylic acids is 1. The van der Waals surface area contributed by atoms with Gasteiger partial charge in [0.1, 0.15) is 5.75 Å². The molecule has 1 fully saturated rings. The lowest BCUT2D eigenvalue weighted by Crippen LogP contribution is -2.54. The fourth-order valence-corrected chi connectivity index (χ4v) is 3.22. The van der Waals surface area contributed by atoms with Gasteiger partial charge in [0.15, 0.2) is 11.3 Å². The fourth-order valence-electron chi connectivity index (χ4n) is 3.22. The van der Waals surface area contributed by atoms with Gasteiger partial charge >= 0.3 is 6.09 Å². The first-order valence-electron chi connectivity index (χ1n) is 8.05. The highest BCUT2D eigenvalue weighted by atomic mass is 16.6. The highest BCUT2D eigenvalue weighted by Gasteiger charge is 2.56. The second-order valence-corrected chi connectivity index (χ2v) is 6.94. The topological polar surface area (TPSA) is 74.8 Å². The molecule has 1 aliphatic rings. The molecule has 1 saturated heterocycles. The lowest BCUT2D eigenvalue weighted by atomic mass is 9.95. The number of hydrogen-bond donors (Lipinski definition) is 2. The molecule has 1 atom stereocenters. The number of hydrogen-bond acceptors (Lipinski definition) is 4. The van der Waals surface area contributed by atoms with Gasteiger partial charge in [-0.2, -0.15) is 0 Å². The Morgan fingerprint density at radius 3 is 2.62 bits per heavy atom. The SMILES string of the molecule is COc1ccc2[nH]c(C)c(CCN3C(=O)OC(C)(C)[C@]3(C)O)c2c1. The van der Waals surface area contributed by atoms with Gasteiger partial charge in [0, 0.05) is 23.1 Å². The van der Waals surface area contributed by atoms with E-state index in [1.165, 1.54) is 4.90 Å². The summed E-state index contributed by atoms with van der Waals surface area (Å²) in [4.78, 5) is 16.9. The number of amides is 1. The Bertz CT molecular complexity index is 792. The van der Waals surface area contributed by atoms with E-state index in [0.29, 0.717) is 13.0 Å². The van der Waals surface area contributed by atoms with Crippen molar-refractivity contribution in [1.82, 2.24) is 9.88 Å². The molecule has 0 radical (unpaired) electrons. The first-order valence-corrected chi connectivity index (χ1v) is 8.05. The van der Waals surface area contributed by atoms with Crippen LogP contribution in [-0.4, -0.2) is 46.1 Å². The Morgan fingerprint density at radius 2 is 2.04 bits per heavy atom. The Morgan fingerprint density at radius 1 is 1.33 bits per heavy atom. The monoisotopic (exact) mass is 332 g/mol. The molecule has 2 heterocycles. The maximum Gasteiger partial charge on any atom is 0.412 e. The number of aromatic amines is 1. The molecule has 1 aromatic heterocycles. The van der Waals surface area contributed by atoms with Gasteiger partial charge in [0.25, 0.3) is 0 Å². The predicted molar refractivity (Wildman–Crippen MR) is 91.2 cm³/mol. The number of aromatic nitrogens is 1. The van der Waals surface area contributed by atoms with Crippen molar-refractivity contribution in [1.29, 1.82) is 0 Å². The maximum absolute atomic E-state index is 12.1. The minimum Gasteiger partial charge on any atom is -0.497 e. The average Bonchev–Trinajstić information content (AvgIpc) is 2.88. The minimum absolute atomic E-state index is 0.375. The van der Waals surface area contributed by atoms with Crippen LogP contribution in [0.5, 0.6) is 5.75 Å². The third-order valence-corrected chi connectivity index (χ3v) is 5.14. The van der Waals surface area contributed by atoms with Gasteiger partial charge in [0.05, 0.1) is 7.11 Å². The molecule has 2 aromatic rings. The van der Waals surface area contributed by atoms with Crippen LogP contribution in [0.2, 0.25) is 0 Å². The molecule has 130 valence electrons. The molecule has 1 amide bonds. The predicted octanol–water partition coefficient (Wildman–Crippen LogP) is 2.97. The van der Waals surface area contributed by atoms with Crippen LogP contribution < -0.4 is 4.74 Å². The molecule has 3 rings (SSSR count). The quantitative estimate of drug-likeness (QED) is 0.902. The van der Waals surface area contributed by atoms with Crippen molar-refractivity contribution in [2.75, 3.05) is 13.7 Å². The number of H-pyrrole nitrogens is 1. The van der Waals surface area contributed by atoms with Gasteiger partial charge in [-0.1, -0.05) is 0 Å². The minimum atomic E-state index is -1.35. The number of methoxy groups -OCH3 is 1. The van der Waals surface area contributed by atoms with Gasteiger partial charge in [-0.25, -0.2) is 4.79 Å². The second kappa shape index (κ2) is 5.41. The zero-order valence-electron chi connectivity index (χ0n) is 14.8. The number of aliphatic hydroxyl groups is 1. The molecule has 0 spiro atoms. The number of cyclic esters (lactones) is 1. The van der Waals surface area contributed by atoms with Crippen LogP contribution in [0.15, 0.2) is 18.2 Å². The molecule has 0 unspecified atom stereocenters. The maximum atomic E-state index is 12.1. The van der Waals surface area contributed by atoms with Crippen molar-refractivity contribution in [2.45, 2.75) is 45.4 Å². The number of nitrogens with one attached hydrogen (secondary N) is 1. The van der Waals surface area contributed by atoms with Crippen LogP contribution in [-0.2, 0) is 11.2 Å². The van der Waals surface area contributed by atoms with E-state index in [1.807, 2.05) is 25.1 Å². The molecule has 6 nitrogen and oxygen atoms in total. The highest BCUT2D eigenvalue weighted by molar-refractivity contribution is 5.86. The summed E-state index contributed by atoms with van der Waals surface area (Å²) < 4.78 is 10.6.